The van der Waals surface area contributed by atoms with Gasteiger partial charge in [-0.05, 0) is 44.2 Å². The highest BCUT2D eigenvalue weighted by Gasteiger charge is 2.28. The van der Waals surface area contributed by atoms with Crippen molar-refractivity contribution in [2.75, 3.05) is 6.54 Å². The van der Waals surface area contributed by atoms with Gasteiger partial charge >= 0.3 is 0 Å². The van der Waals surface area contributed by atoms with Gasteiger partial charge in [0.05, 0.1) is 6.42 Å². The third-order valence-corrected chi connectivity index (χ3v) is 5.35. The van der Waals surface area contributed by atoms with E-state index in [1.807, 2.05) is 70.2 Å². The predicted molar refractivity (Wildman–Crippen MR) is 119 cm³/mol. The van der Waals surface area contributed by atoms with Crippen molar-refractivity contribution in [3.63, 3.8) is 0 Å². The summed E-state index contributed by atoms with van der Waals surface area (Å²) in [5, 5.41) is 3.05. The minimum absolute atomic E-state index is 0.00376. The Labute approximate surface area is 175 Å². The second kappa shape index (κ2) is 11.4. The topological polar surface area (TPSA) is 49.4 Å². The van der Waals surface area contributed by atoms with E-state index >= 15 is 0 Å². The lowest BCUT2D eigenvalue weighted by atomic mass is 10.0. The molecule has 0 saturated carbocycles. The van der Waals surface area contributed by atoms with Gasteiger partial charge in [0, 0.05) is 12.6 Å². The molecule has 2 rings (SSSR count). The fourth-order valence-electron chi connectivity index (χ4n) is 3.32. The highest BCUT2D eigenvalue weighted by molar-refractivity contribution is 5.88. The Morgan fingerprint density at radius 2 is 1.59 bits per heavy atom. The maximum atomic E-state index is 13.2. The number of aryl methyl sites for hydroxylation is 1. The van der Waals surface area contributed by atoms with Crippen molar-refractivity contribution in [3.05, 3.63) is 71.3 Å². The molecule has 29 heavy (non-hydrogen) atoms. The molecule has 0 aliphatic heterocycles. The fourth-order valence-corrected chi connectivity index (χ4v) is 3.32. The quantitative estimate of drug-likeness (QED) is 0.653. The Bertz CT molecular complexity index is 771. The first-order valence-corrected chi connectivity index (χ1v) is 10.6. The summed E-state index contributed by atoms with van der Waals surface area (Å²) in [7, 11) is 0. The van der Waals surface area contributed by atoms with Gasteiger partial charge in [-0.1, -0.05) is 74.0 Å². The van der Waals surface area contributed by atoms with E-state index in [2.05, 4.69) is 17.4 Å². The summed E-state index contributed by atoms with van der Waals surface area (Å²) in [6.45, 7) is 8.56. The number of nitrogens with one attached hydrogen (secondary N) is 1. The Morgan fingerprint density at radius 1 is 0.931 bits per heavy atom. The summed E-state index contributed by atoms with van der Waals surface area (Å²) in [5.74, 6) is -0.0666. The molecule has 0 saturated heterocycles. The van der Waals surface area contributed by atoms with E-state index in [0.717, 1.165) is 24.0 Å². The van der Waals surface area contributed by atoms with Gasteiger partial charge in [0.1, 0.15) is 6.04 Å². The second-order valence-corrected chi connectivity index (χ2v) is 7.73. The summed E-state index contributed by atoms with van der Waals surface area (Å²) < 4.78 is 0. The Hall–Kier alpha value is -2.62. The van der Waals surface area contributed by atoms with Crippen LogP contribution in [0.1, 0.15) is 50.3 Å². The lowest BCUT2D eigenvalue weighted by molar-refractivity contribution is -0.140. The van der Waals surface area contributed by atoms with E-state index in [1.54, 1.807) is 4.90 Å². The van der Waals surface area contributed by atoms with Crippen molar-refractivity contribution in [1.29, 1.82) is 0 Å². The molecule has 1 N–H and O–H groups in total. The maximum Gasteiger partial charge on any atom is 0.243 e. The normalized spacial score (nSPS) is 12.8. The number of rotatable bonds is 10. The van der Waals surface area contributed by atoms with Crippen LogP contribution in [0.3, 0.4) is 0 Å². The molecule has 156 valence electrons. The van der Waals surface area contributed by atoms with Gasteiger partial charge in [-0.3, -0.25) is 9.59 Å². The van der Waals surface area contributed by atoms with E-state index in [9.17, 15) is 9.59 Å². The smallest absolute Gasteiger partial charge is 0.243 e. The Balaban J connectivity index is 2.18. The highest BCUT2D eigenvalue weighted by atomic mass is 16.2. The molecule has 0 aromatic heterocycles. The molecular formula is C25H34N2O2. The summed E-state index contributed by atoms with van der Waals surface area (Å²) in [4.78, 5) is 27.9. The molecule has 0 spiro atoms. The van der Waals surface area contributed by atoms with E-state index < -0.39 is 6.04 Å². The first-order chi connectivity index (χ1) is 13.9. The van der Waals surface area contributed by atoms with Crippen molar-refractivity contribution in [1.82, 2.24) is 10.2 Å². The van der Waals surface area contributed by atoms with Gasteiger partial charge < -0.3 is 10.2 Å². The molecule has 2 atom stereocenters. The molecule has 4 nitrogen and oxygen atoms in total. The summed E-state index contributed by atoms with van der Waals surface area (Å²) in [6, 6.07) is 17.8. The van der Waals surface area contributed by atoms with Crippen LogP contribution in [0, 0.1) is 6.92 Å². The Kier molecular flexibility index (Phi) is 8.91. The van der Waals surface area contributed by atoms with Crippen LogP contribution in [-0.2, 0) is 22.4 Å². The summed E-state index contributed by atoms with van der Waals surface area (Å²) >= 11 is 0. The van der Waals surface area contributed by atoms with Gasteiger partial charge in [-0.2, -0.15) is 0 Å². The van der Waals surface area contributed by atoms with E-state index in [-0.39, 0.29) is 17.9 Å². The van der Waals surface area contributed by atoms with Crippen molar-refractivity contribution in [2.45, 2.75) is 65.5 Å². The third kappa shape index (κ3) is 7.04. The summed E-state index contributed by atoms with van der Waals surface area (Å²) in [6.07, 6.45) is 2.50. The first-order valence-electron chi connectivity index (χ1n) is 10.6. The van der Waals surface area contributed by atoms with Crippen LogP contribution >= 0.6 is 0 Å². The molecule has 0 heterocycles. The average Bonchev–Trinajstić information content (AvgIpc) is 2.73. The molecule has 0 aliphatic rings. The number of amides is 2. The monoisotopic (exact) mass is 394 g/mol. The molecule has 4 heteroatoms. The molecule has 0 aliphatic carbocycles. The molecule has 0 bridgehead atoms. The number of carbonyl (C=O) groups excluding carboxylic acids is 2. The van der Waals surface area contributed by atoms with Crippen LogP contribution in [0.2, 0.25) is 0 Å². The van der Waals surface area contributed by atoms with Crippen LogP contribution in [0.4, 0.5) is 0 Å². The number of hydrogen-bond donors (Lipinski definition) is 1. The van der Waals surface area contributed by atoms with E-state index in [4.69, 9.17) is 0 Å². The van der Waals surface area contributed by atoms with Crippen molar-refractivity contribution in [2.24, 2.45) is 0 Å². The minimum Gasteiger partial charge on any atom is -0.352 e. The number of carbonyl (C=O) groups is 2. The zero-order valence-corrected chi connectivity index (χ0v) is 18.2. The van der Waals surface area contributed by atoms with Crippen LogP contribution < -0.4 is 5.32 Å². The minimum atomic E-state index is -0.453. The number of hydrogen-bond acceptors (Lipinski definition) is 2. The highest BCUT2D eigenvalue weighted by Crippen LogP contribution is 2.13. The third-order valence-electron chi connectivity index (χ3n) is 5.35. The molecule has 2 aromatic rings. The Morgan fingerprint density at radius 3 is 2.17 bits per heavy atom. The van der Waals surface area contributed by atoms with Gasteiger partial charge in [0.15, 0.2) is 0 Å². The standard InChI is InChI=1S/C25H34N2O2/c1-5-20(4)26-25(29)23(6-2)27(17-16-21-10-8-7-9-11-21)24(28)18-22-14-12-19(3)13-15-22/h7-15,20,23H,5-6,16-18H2,1-4H3,(H,26,29)/t20-,23+/m1/s1. The predicted octanol–water partition coefficient (Wildman–Crippen LogP) is 4.30. The number of nitrogens with zero attached hydrogens (tertiary/aromatic N) is 1. The lowest BCUT2D eigenvalue weighted by Crippen LogP contribution is -2.52. The van der Waals surface area contributed by atoms with Gasteiger partial charge in [-0.15, -0.1) is 0 Å². The van der Waals surface area contributed by atoms with Gasteiger partial charge in [0.25, 0.3) is 0 Å². The zero-order valence-electron chi connectivity index (χ0n) is 18.2. The van der Waals surface area contributed by atoms with Crippen molar-refractivity contribution < 1.29 is 9.59 Å². The zero-order chi connectivity index (χ0) is 21.2. The van der Waals surface area contributed by atoms with Gasteiger partial charge in [0.2, 0.25) is 11.8 Å². The number of benzene rings is 2. The van der Waals surface area contributed by atoms with Crippen molar-refractivity contribution in [3.8, 4) is 0 Å². The summed E-state index contributed by atoms with van der Waals surface area (Å²) in [5.41, 5.74) is 3.31. The van der Waals surface area contributed by atoms with Crippen LogP contribution in [0.25, 0.3) is 0 Å². The van der Waals surface area contributed by atoms with E-state index in [0.29, 0.717) is 19.4 Å². The van der Waals surface area contributed by atoms with Crippen LogP contribution in [0.15, 0.2) is 54.6 Å². The molecule has 0 fully saturated rings. The van der Waals surface area contributed by atoms with Crippen LogP contribution in [0.5, 0.6) is 0 Å². The molecule has 2 amide bonds. The van der Waals surface area contributed by atoms with Crippen LogP contribution in [-0.4, -0.2) is 35.3 Å². The molecule has 0 unspecified atom stereocenters. The SMILES string of the molecule is CC[C@@H](C)NC(=O)[C@H](CC)N(CCc1ccccc1)C(=O)Cc1ccc(C)cc1. The second-order valence-electron chi connectivity index (χ2n) is 7.73. The molecule has 2 aromatic carbocycles. The average molecular weight is 395 g/mol. The maximum absolute atomic E-state index is 13.2. The van der Waals surface area contributed by atoms with E-state index in [1.165, 1.54) is 5.56 Å². The molecular weight excluding hydrogens is 360 g/mol. The molecule has 0 radical (unpaired) electrons. The van der Waals surface area contributed by atoms with Gasteiger partial charge in [-0.25, -0.2) is 0 Å². The lowest BCUT2D eigenvalue weighted by Gasteiger charge is -2.31. The van der Waals surface area contributed by atoms with Crippen molar-refractivity contribution >= 4 is 11.8 Å². The fraction of sp³-hybridized carbons (Fsp3) is 0.440. The first kappa shape index (κ1) is 22.7. The largest absolute Gasteiger partial charge is 0.352 e.